The van der Waals surface area contributed by atoms with Crippen LogP contribution >= 0.6 is 0 Å². The third kappa shape index (κ3) is 4.26. The van der Waals surface area contributed by atoms with E-state index in [0.717, 1.165) is 24.1 Å². The number of carboxylic acid groups (broad SMARTS) is 1. The van der Waals surface area contributed by atoms with Gasteiger partial charge in [-0.25, -0.2) is 4.79 Å². The second kappa shape index (κ2) is 7.96. The Morgan fingerprint density at radius 1 is 1.20 bits per heavy atom. The van der Waals surface area contributed by atoms with Crippen LogP contribution in [0, 0.1) is 6.92 Å². The third-order valence-corrected chi connectivity index (χ3v) is 4.40. The molecule has 0 aliphatic carbocycles. The van der Waals surface area contributed by atoms with E-state index < -0.39 is 5.97 Å². The topological polar surface area (TPSA) is 75.4 Å². The molecule has 6 nitrogen and oxygen atoms in total. The summed E-state index contributed by atoms with van der Waals surface area (Å²) in [6.07, 6.45) is 1.94. The molecule has 134 valence electrons. The van der Waals surface area contributed by atoms with Gasteiger partial charge in [0.25, 0.3) is 5.91 Å². The Bertz CT molecular complexity index is 746. The molecule has 0 aliphatic heterocycles. The lowest BCUT2D eigenvalue weighted by Gasteiger charge is -2.17. The molecule has 0 radical (unpaired) electrons. The maximum atomic E-state index is 12.6. The monoisotopic (exact) mass is 343 g/mol. The molecule has 1 heterocycles. The molecule has 1 aromatic heterocycles. The second-order valence-electron chi connectivity index (χ2n) is 6.25. The Balaban J connectivity index is 2.12. The van der Waals surface area contributed by atoms with E-state index in [-0.39, 0.29) is 11.5 Å². The molecule has 0 bridgehead atoms. The third-order valence-electron chi connectivity index (χ3n) is 4.40. The SMILES string of the molecule is CCC(CC)n1nc(C(=O)N(C)Cc2ccc(C(=O)O)cc2)cc1C. The van der Waals surface area contributed by atoms with Crippen molar-refractivity contribution in [1.29, 1.82) is 0 Å². The van der Waals surface area contributed by atoms with Crippen molar-refractivity contribution in [3.63, 3.8) is 0 Å². The zero-order valence-electron chi connectivity index (χ0n) is 15.2. The van der Waals surface area contributed by atoms with E-state index in [1.165, 1.54) is 0 Å². The molecule has 1 aromatic carbocycles. The molecule has 6 heteroatoms. The van der Waals surface area contributed by atoms with E-state index in [1.807, 2.05) is 17.7 Å². The number of nitrogens with zero attached hydrogens (tertiary/aromatic N) is 3. The highest BCUT2D eigenvalue weighted by Crippen LogP contribution is 2.19. The zero-order valence-corrected chi connectivity index (χ0v) is 15.2. The molecule has 1 N–H and O–H groups in total. The van der Waals surface area contributed by atoms with Gasteiger partial charge in [-0.3, -0.25) is 9.48 Å². The summed E-state index contributed by atoms with van der Waals surface area (Å²) >= 11 is 0. The fourth-order valence-corrected chi connectivity index (χ4v) is 2.89. The summed E-state index contributed by atoms with van der Waals surface area (Å²) in [4.78, 5) is 25.1. The molecule has 2 aromatic rings. The van der Waals surface area contributed by atoms with Crippen LogP contribution in [0.4, 0.5) is 0 Å². The van der Waals surface area contributed by atoms with Crippen molar-refractivity contribution in [1.82, 2.24) is 14.7 Å². The minimum Gasteiger partial charge on any atom is -0.478 e. The van der Waals surface area contributed by atoms with Crippen molar-refractivity contribution in [2.45, 2.75) is 46.2 Å². The second-order valence-corrected chi connectivity index (χ2v) is 6.25. The highest BCUT2D eigenvalue weighted by molar-refractivity contribution is 5.92. The van der Waals surface area contributed by atoms with Crippen LogP contribution in [0.2, 0.25) is 0 Å². The highest BCUT2D eigenvalue weighted by Gasteiger charge is 2.19. The first-order valence-corrected chi connectivity index (χ1v) is 8.51. The maximum absolute atomic E-state index is 12.6. The Labute approximate surface area is 148 Å². The van der Waals surface area contributed by atoms with Gasteiger partial charge in [0.15, 0.2) is 5.69 Å². The number of carbonyl (C=O) groups excluding carboxylic acids is 1. The lowest BCUT2D eigenvalue weighted by molar-refractivity contribution is 0.0695. The minimum atomic E-state index is -0.960. The predicted octanol–water partition coefficient (Wildman–Crippen LogP) is 3.52. The van der Waals surface area contributed by atoms with Crippen LogP contribution in [0.25, 0.3) is 0 Å². The van der Waals surface area contributed by atoms with E-state index >= 15 is 0 Å². The molecule has 2 rings (SSSR count). The van der Waals surface area contributed by atoms with Gasteiger partial charge in [0.05, 0.1) is 11.6 Å². The molecule has 0 saturated heterocycles. The van der Waals surface area contributed by atoms with Crippen LogP contribution in [0.1, 0.15) is 64.8 Å². The summed E-state index contributed by atoms with van der Waals surface area (Å²) in [6, 6.07) is 8.66. The average molecular weight is 343 g/mol. The molecular formula is C19H25N3O3. The quantitative estimate of drug-likeness (QED) is 0.834. The van der Waals surface area contributed by atoms with Crippen molar-refractivity contribution in [2.75, 3.05) is 7.05 Å². The standard InChI is InChI=1S/C19H25N3O3/c1-5-16(6-2)22-13(3)11-17(20-22)18(23)21(4)12-14-7-9-15(10-8-14)19(24)25/h7-11,16H,5-6,12H2,1-4H3,(H,24,25). The normalized spacial score (nSPS) is 10.9. The van der Waals surface area contributed by atoms with Crippen molar-refractivity contribution in [2.24, 2.45) is 0 Å². The lowest BCUT2D eigenvalue weighted by Crippen LogP contribution is -2.27. The predicted molar refractivity (Wildman–Crippen MR) is 95.8 cm³/mol. The molecule has 0 atom stereocenters. The number of rotatable bonds is 7. The van der Waals surface area contributed by atoms with Crippen LogP contribution in [0.15, 0.2) is 30.3 Å². The van der Waals surface area contributed by atoms with E-state index in [2.05, 4.69) is 18.9 Å². The number of aryl methyl sites for hydroxylation is 1. The summed E-state index contributed by atoms with van der Waals surface area (Å²) in [5, 5.41) is 13.4. The number of benzene rings is 1. The molecule has 0 saturated carbocycles. The Kier molecular flexibility index (Phi) is 5.96. The average Bonchev–Trinajstić information content (AvgIpc) is 2.97. The van der Waals surface area contributed by atoms with Gasteiger partial charge >= 0.3 is 5.97 Å². The fourth-order valence-electron chi connectivity index (χ4n) is 2.89. The number of carboxylic acids is 1. The molecule has 0 aliphatic rings. The van der Waals surface area contributed by atoms with Crippen LogP contribution in [-0.4, -0.2) is 38.7 Å². The lowest BCUT2D eigenvalue weighted by atomic mass is 10.1. The maximum Gasteiger partial charge on any atom is 0.335 e. The van der Waals surface area contributed by atoms with Crippen molar-refractivity contribution in [3.8, 4) is 0 Å². The fraction of sp³-hybridized carbons (Fsp3) is 0.421. The van der Waals surface area contributed by atoms with Gasteiger partial charge in [0.1, 0.15) is 0 Å². The number of aromatic carboxylic acids is 1. The zero-order chi connectivity index (χ0) is 18.6. The number of carbonyl (C=O) groups is 2. The molecular weight excluding hydrogens is 318 g/mol. The summed E-state index contributed by atoms with van der Waals surface area (Å²) in [7, 11) is 1.72. The Hall–Kier alpha value is -2.63. The van der Waals surface area contributed by atoms with Gasteiger partial charge in [0, 0.05) is 19.3 Å². The summed E-state index contributed by atoms with van der Waals surface area (Å²) in [5.41, 5.74) is 2.53. The summed E-state index contributed by atoms with van der Waals surface area (Å²) in [6.45, 7) is 6.59. The molecule has 25 heavy (non-hydrogen) atoms. The first-order valence-electron chi connectivity index (χ1n) is 8.51. The smallest absolute Gasteiger partial charge is 0.335 e. The summed E-state index contributed by atoms with van der Waals surface area (Å²) < 4.78 is 1.93. The Morgan fingerprint density at radius 3 is 2.32 bits per heavy atom. The number of hydrogen-bond acceptors (Lipinski definition) is 3. The molecule has 0 fully saturated rings. The van der Waals surface area contributed by atoms with Gasteiger partial charge in [-0.1, -0.05) is 26.0 Å². The van der Waals surface area contributed by atoms with Crippen LogP contribution < -0.4 is 0 Å². The summed E-state index contributed by atoms with van der Waals surface area (Å²) in [5.74, 6) is -1.10. The van der Waals surface area contributed by atoms with Crippen LogP contribution in [0.5, 0.6) is 0 Å². The van der Waals surface area contributed by atoms with Gasteiger partial charge in [-0.2, -0.15) is 5.10 Å². The van der Waals surface area contributed by atoms with E-state index in [4.69, 9.17) is 5.11 Å². The van der Waals surface area contributed by atoms with Gasteiger partial charge in [0.2, 0.25) is 0 Å². The number of aromatic nitrogens is 2. The van der Waals surface area contributed by atoms with Crippen LogP contribution in [-0.2, 0) is 6.54 Å². The molecule has 0 spiro atoms. The van der Waals surface area contributed by atoms with Gasteiger partial charge < -0.3 is 10.0 Å². The first kappa shape index (κ1) is 18.7. The van der Waals surface area contributed by atoms with Crippen molar-refractivity contribution in [3.05, 3.63) is 52.8 Å². The van der Waals surface area contributed by atoms with E-state index in [0.29, 0.717) is 18.3 Å². The van der Waals surface area contributed by atoms with Crippen molar-refractivity contribution >= 4 is 11.9 Å². The largest absolute Gasteiger partial charge is 0.478 e. The number of amides is 1. The molecule has 1 amide bonds. The van der Waals surface area contributed by atoms with E-state index in [9.17, 15) is 9.59 Å². The van der Waals surface area contributed by atoms with Gasteiger partial charge in [-0.15, -0.1) is 0 Å². The van der Waals surface area contributed by atoms with Crippen molar-refractivity contribution < 1.29 is 14.7 Å². The minimum absolute atomic E-state index is 0.143. The number of hydrogen-bond donors (Lipinski definition) is 1. The Morgan fingerprint density at radius 2 is 1.80 bits per heavy atom. The van der Waals surface area contributed by atoms with Gasteiger partial charge in [-0.05, 0) is 43.5 Å². The van der Waals surface area contributed by atoms with E-state index in [1.54, 1.807) is 36.2 Å². The first-order chi connectivity index (χ1) is 11.9. The molecule has 0 unspecified atom stereocenters. The van der Waals surface area contributed by atoms with Crippen LogP contribution in [0.3, 0.4) is 0 Å². The highest BCUT2D eigenvalue weighted by atomic mass is 16.4.